The number of hydrogen-bond acceptors (Lipinski definition) is 7. The van der Waals surface area contributed by atoms with Crippen LogP contribution in [0.5, 0.6) is 17.2 Å². The van der Waals surface area contributed by atoms with Crippen molar-refractivity contribution in [3.05, 3.63) is 99.6 Å². The van der Waals surface area contributed by atoms with Gasteiger partial charge < -0.3 is 24.4 Å². The summed E-state index contributed by atoms with van der Waals surface area (Å²) in [7, 11) is 0. The van der Waals surface area contributed by atoms with E-state index in [0.717, 1.165) is 17.4 Å². The zero-order valence-electron chi connectivity index (χ0n) is 20.2. The van der Waals surface area contributed by atoms with Gasteiger partial charge in [0.15, 0.2) is 0 Å². The smallest absolute Gasteiger partial charge is 0.379 e. The summed E-state index contributed by atoms with van der Waals surface area (Å²) in [5, 5.41) is 11.2. The van der Waals surface area contributed by atoms with Crippen LogP contribution in [0, 0.1) is 18.3 Å². The normalized spacial score (nSPS) is 14.6. The Morgan fingerprint density at radius 2 is 1.95 bits per heavy atom. The highest BCUT2D eigenvalue weighted by molar-refractivity contribution is 6.31. The van der Waals surface area contributed by atoms with Crippen LogP contribution < -0.4 is 19.9 Å². The molecule has 37 heavy (non-hydrogen) atoms. The highest BCUT2D eigenvalue weighted by atomic mass is 35.5. The standard InChI is InChI=1S/C29H23ClN2O5/c1-3-12-34-23-7-5-4-6-19(23)26-20-10-9-18(14-25(20)37-28(32)22(26)15-31)35-29(33)27-16(2)21-13-17(30)8-11-24(21)36-27/h4-11,13-14,26H,3,12,32H2,1-2H3. The van der Waals surface area contributed by atoms with Gasteiger partial charge in [0, 0.05) is 33.2 Å². The summed E-state index contributed by atoms with van der Waals surface area (Å²) in [4.78, 5) is 13.0. The third kappa shape index (κ3) is 4.48. The summed E-state index contributed by atoms with van der Waals surface area (Å²) in [6, 6.07) is 19.8. The van der Waals surface area contributed by atoms with E-state index in [2.05, 4.69) is 6.07 Å². The van der Waals surface area contributed by atoms with Gasteiger partial charge in [-0.1, -0.05) is 42.8 Å². The molecule has 5 rings (SSSR count). The number of allylic oxidation sites excluding steroid dienone is 1. The maximum absolute atomic E-state index is 13.0. The van der Waals surface area contributed by atoms with Crippen LogP contribution >= 0.6 is 11.6 Å². The molecule has 1 aliphatic heterocycles. The Hall–Kier alpha value is -4.41. The fourth-order valence-electron chi connectivity index (χ4n) is 4.42. The van der Waals surface area contributed by atoms with Crippen LogP contribution in [0.3, 0.4) is 0 Å². The van der Waals surface area contributed by atoms with E-state index in [4.69, 9.17) is 36.0 Å². The van der Waals surface area contributed by atoms with Crippen LogP contribution in [-0.2, 0) is 0 Å². The molecule has 4 aromatic rings. The number of halogens is 1. The first-order valence-corrected chi connectivity index (χ1v) is 12.1. The minimum Gasteiger partial charge on any atom is -0.493 e. The number of nitrogens with two attached hydrogens (primary N) is 1. The van der Waals surface area contributed by atoms with E-state index in [1.165, 1.54) is 0 Å². The molecule has 0 saturated carbocycles. The fraction of sp³-hybridized carbons (Fsp3) is 0.172. The van der Waals surface area contributed by atoms with E-state index >= 15 is 0 Å². The Morgan fingerprint density at radius 3 is 2.73 bits per heavy atom. The van der Waals surface area contributed by atoms with E-state index < -0.39 is 11.9 Å². The molecule has 0 bridgehead atoms. The van der Waals surface area contributed by atoms with Crippen molar-refractivity contribution in [3.63, 3.8) is 0 Å². The molecule has 0 aliphatic carbocycles. The minimum absolute atomic E-state index is 0.0150. The predicted molar refractivity (Wildman–Crippen MR) is 139 cm³/mol. The van der Waals surface area contributed by atoms with Gasteiger partial charge >= 0.3 is 5.97 Å². The van der Waals surface area contributed by atoms with Crippen LogP contribution in [0.2, 0.25) is 5.02 Å². The molecule has 0 fully saturated rings. The molecule has 2 N–H and O–H groups in total. The number of para-hydroxylation sites is 1. The monoisotopic (exact) mass is 514 g/mol. The Labute approximate surface area is 218 Å². The number of nitrogens with zero attached hydrogens (tertiary/aromatic N) is 1. The molecule has 1 aliphatic rings. The van der Waals surface area contributed by atoms with Crippen molar-refractivity contribution in [2.75, 3.05) is 6.61 Å². The number of carbonyl (C=O) groups excluding carboxylic acids is 1. The number of aryl methyl sites for hydroxylation is 1. The van der Waals surface area contributed by atoms with Crippen molar-refractivity contribution in [1.82, 2.24) is 0 Å². The number of fused-ring (bicyclic) bond motifs is 2. The number of rotatable bonds is 6. The van der Waals surface area contributed by atoms with Gasteiger partial charge in [0.1, 0.15) is 34.5 Å². The van der Waals surface area contributed by atoms with Gasteiger partial charge in [-0.2, -0.15) is 5.26 Å². The van der Waals surface area contributed by atoms with Gasteiger partial charge in [-0.05, 0) is 43.7 Å². The molecule has 8 heteroatoms. The van der Waals surface area contributed by atoms with Gasteiger partial charge in [-0.25, -0.2) is 4.79 Å². The molecule has 0 spiro atoms. The highest BCUT2D eigenvalue weighted by Crippen LogP contribution is 2.46. The molecule has 3 aromatic carbocycles. The Morgan fingerprint density at radius 1 is 1.14 bits per heavy atom. The quantitative estimate of drug-likeness (QED) is 0.227. The minimum atomic E-state index is -0.656. The lowest BCUT2D eigenvalue weighted by atomic mass is 9.83. The maximum atomic E-state index is 13.0. The van der Waals surface area contributed by atoms with Gasteiger partial charge in [-0.3, -0.25) is 0 Å². The van der Waals surface area contributed by atoms with Gasteiger partial charge in [-0.15, -0.1) is 0 Å². The van der Waals surface area contributed by atoms with Crippen LogP contribution in [0.1, 0.15) is 46.5 Å². The second kappa shape index (κ2) is 9.92. The average Bonchev–Trinajstić information content (AvgIpc) is 3.22. The Balaban J connectivity index is 1.50. The molecule has 7 nitrogen and oxygen atoms in total. The summed E-state index contributed by atoms with van der Waals surface area (Å²) in [6.07, 6.45) is 0.842. The van der Waals surface area contributed by atoms with Gasteiger partial charge in [0.05, 0.1) is 12.5 Å². The largest absolute Gasteiger partial charge is 0.493 e. The van der Waals surface area contributed by atoms with Gasteiger partial charge in [0.25, 0.3) is 0 Å². The summed E-state index contributed by atoms with van der Waals surface area (Å²) in [6.45, 7) is 4.33. The molecule has 0 amide bonds. The second-order valence-electron chi connectivity index (χ2n) is 8.60. The lowest BCUT2D eigenvalue weighted by molar-refractivity contribution is 0.0702. The van der Waals surface area contributed by atoms with E-state index in [1.54, 1.807) is 43.3 Å². The first kappa shape index (κ1) is 24.3. The maximum Gasteiger partial charge on any atom is 0.379 e. The lowest BCUT2D eigenvalue weighted by Gasteiger charge is -2.28. The van der Waals surface area contributed by atoms with Crippen molar-refractivity contribution in [2.24, 2.45) is 5.73 Å². The molecular weight excluding hydrogens is 492 g/mol. The fourth-order valence-corrected chi connectivity index (χ4v) is 4.59. The number of nitriles is 1. The predicted octanol–water partition coefficient (Wildman–Crippen LogP) is 6.62. The first-order valence-electron chi connectivity index (χ1n) is 11.7. The Kier molecular flexibility index (Phi) is 6.51. The number of esters is 1. The summed E-state index contributed by atoms with van der Waals surface area (Å²) in [5.74, 6) is 0.194. The lowest BCUT2D eigenvalue weighted by Crippen LogP contribution is -2.21. The average molecular weight is 515 g/mol. The number of hydrogen-bond donors (Lipinski definition) is 1. The second-order valence-corrected chi connectivity index (χ2v) is 9.03. The van der Waals surface area contributed by atoms with Crippen molar-refractivity contribution in [3.8, 4) is 23.3 Å². The molecular formula is C29H23ClN2O5. The Bertz CT molecular complexity index is 1600. The van der Waals surface area contributed by atoms with Crippen LogP contribution in [0.15, 0.2) is 76.5 Å². The molecule has 1 atom stereocenters. The summed E-state index contributed by atoms with van der Waals surface area (Å²) in [5.41, 5.74) is 9.10. The first-order chi connectivity index (χ1) is 17.9. The number of furan rings is 1. The summed E-state index contributed by atoms with van der Waals surface area (Å²) < 4.78 is 23.1. The van der Waals surface area contributed by atoms with Crippen molar-refractivity contribution >= 4 is 28.5 Å². The topological polar surface area (TPSA) is 108 Å². The zero-order chi connectivity index (χ0) is 26.1. The molecule has 1 aromatic heterocycles. The zero-order valence-corrected chi connectivity index (χ0v) is 21.0. The highest BCUT2D eigenvalue weighted by Gasteiger charge is 2.33. The van der Waals surface area contributed by atoms with Crippen molar-refractivity contribution < 1.29 is 23.4 Å². The van der Waals surface area contributed by atoms with Crippen LogP contribution in [0.25, 0.3) is 11.0 Å². The number of carbonyl (C=O) groups is 1. The molecule has 2 heterocycles. The van der Waals surface area contributed by atoms with E-state index in [1.807, 2.05) is 31.2 Å². The van der Waals surface area contributed by atoms with E-state index in [9.17, 15) is 10.1 Å². The van der Waals surface area contributed by atoms with Crippen molar-refractivity contribution in [2.45, 2.75) is 26.2 Å². The SMILES string of the molecule is CCCOc1ccccc1C1C(C#N)=C(N)Oc2cc(OC(=O)c3oc4ccc(Cl)cc4c3C)ccc21. The van der Waals surface area contributed by atoms with Crippen LogP contribution in [0.4, 0.5) is 0 Å². The molecule has 1 unspecified atom stereocenters. The number of benzene rings is 3. The third-order valence-electron chi connectivity index (χ3n) is 6.18. The van der Waals surface area contributed by atoms with Gasteiger partial charge in [0.2, 0.25) is 11.6 Å². The summed E-state index contributed by atoms with van der Waals surface area (Å²) >= 11 is 6.09. The molecule has 0 radical (unpaired) electrons. The molecule has 0 saturated heterocycles. The van der Waals surface area contributed by atoms with E-state index in [0.29, 0.717) is 39.8 Å². The van der Waals surface area contributed by atoms with Crippen LogP contribution in [-0.4, -0.2) is 12.6 Å². The number of ether oxygens (including phenoxy) is 3. The van der Waals surface area contributed by atoms with E-state index in [-0.39, 0.29) is 23.0 Å². The molecule has 186 valence electrons. The third-order valence-corrected chi connectivity index (χ3v) is 6.41. The van der Waals surface area contributed by atoms with Crippen molar-refractivity contribution in [1.29, 1.82) is 5.26 Å².